The van der Waals surface area contributed by atoms with E-state index in [9.17, 15) is 0 Å². The first-order valence-electron chi connectivity index (χ1n) is 8.47. The van der Waals surface area contributed by atoms with E-state index >= 15 is 0 Å². The van der Waals surface area contributed by atoms with Gasteiger partial charge in [0.25, 0.3) is 0 Å². The van der Waals surface area contributed by atoms with E-state index in [1.807, 2.05) is 11.8 Å². The zero-order valence-electron chi connectivity index (χ0n) is 16.8. The van der Waals surface area contributed by atoms with Crippen LogP contribution in [0.25, 0.3) is 0 Å². The molecular weight excluding hydrogens is 286 g/mol. The Morgan fingerprint density at radius 1 is 0.864 bits per heavy atom. The summed E-state index contributed by atoms with van der Waals surface area (Å²) in [5, 5.41) is 3.92. The van der Waals surface area contributed by atoms with Crippen molar-refractivity contribution in [1.82, 2.24) is 5.32 Å². The quantitative estimate of drug-likeness (QED) is 0.408. The summed E-state index contributed by atoms with van der Waals surface area (Å²) in [6.07, 6.45) is 8.90. The van der Waals surface area contributed by atoms with E-state index < -0.39 is 0 Å². The van der Waals surface area contributed by atoms with Crippen LogP contribution in [0.15, 0.2) is 24.3 Å². The lowest BCUT2D eigenvalue weighted by Gasteiger charge is -2.50. The fourth-order valence-electron chi connectivity index (χ4n) is 3.13. The highest BCUT2D eigenvalue weighted by Crippen LogP contribution is 2.43. The lowest BCUT2D eigenvalue weighted by molar-refractivity contribution is 0.0969. The van der Waals surface area contributed by atoms with E-state index in [1.165, 1.54) is 0 Å². The molecule has 0 aliphatic heterocycles. The second kappa shape index (κ2) is 7.57. The lowest BCUT2D eigenvalue weighted by Crippen LogP contribution is -2.60. The Morgan fingerprint density at radius 3 is 1.77 bits per heavy atom. The van der Waals surface area contributed by atoms with Gasteiger partial charge in [-0.3, -0.25) is 5.32 Å². The number of hydrogen-bond acceptors (Lipinski definition) is 2. The van der Waals surface area contributed by atoms with Crippen LogP contribution in [0.3, 0.4) is 0 Å². The van der Waals surface area contributed by atoms with Gasteiger partial charge in [0, 0.05) is 10.3 Å². The van der Waals surface area contributed by atoms with E-state index in [0.29, 0.717) is 5.92 Å². The van der Waals surface area contributed by atoms with Crippen LogP contribution in [0.2, 0.25) is 0 Å². The summed E-state index contributed by atoms with van der Waals surface area (Å²) < 4.78 is 0.125. The van der Waals surface area contributed by atoms with Crippen LogP contribution < -0.4 is 5.32 Å². The maximum atomic E-state index is 3.92. The molecule has 0 saturated heterocycles. The molecule has 0 spiro atoms. The fraction of sp³-hybridized carbons (Fsp3) is 0.800. The molecule has 0 aromatic carbocycles. The van der Waals surface area contributed by atoms with Crippen molar-refractivity contribution < 1.29 is 0 Å². The van der Waals surface area contributed by atoms with Gasteiger partial charge in [0.05, 0.1) is 4.87 Å². The van der Waals surface area contributed by atoms with Crippen LogP contribution in [0.1, 0.15) is 76.2 Å². The minimum Gasteiger partial charge on any atom is -0.298 e. The molecule has 0 amide bonds. The molecule has 0 heterocycles. The molecule has 1 N–H and O–H groups in total. The molecule has 0 aliphatic carbocycles. The van der Waals surface area contributed by atoms with Gasteiger partial charge in [-0.25, -0.2) is 0 Å². The maximum Gasteiger partial charge on any atom is 0.0600 e. The Kier molecular flexibility index (Phi) is 7.50. The third-order valence-electron chi connectivity index (χ3n) is 4.93. The molecule has 0 fully saturated rings. The molecule has 0 aromatic rings. The molecule has 1 atom stereocenters. The molecule has 1 nitrogen and oxygen atoms in total. The van der Waals surface area contributed by atoms with Gasteiger partial charge in [-0.05, 0) is 66.7 Å². The number of rotatable bonds is 8. The SMILES string of the molecule is CC=CC(C)C(C)(C)C(C)(C)NC(C)(C)SC(C)(C)C=CC. The molecule has 2 heteroatoms. The standard InChI is InChI=1S/C20H39NS/c1-12-14-16(3)18(6,7)19(8,9)21-20(10,11)22-17(4,5)15-13-2/h12-16,21H,1-11H3. The van der Waals surface area contributed by atoms with Crippen molar-refractivity contribution in [2.75, 3.05) is 0 Å². The third-order valence-corrected chi connectivity index (χ3v) is 6.20. The first kappa shape index (κ1) is 21.8. The summed E-state index contributed by atoms with van der Waals surface area (Å²) in [6, 6.07) is 0. The highest BCUT2D eigenvalue weighted by Gasteiger charge is 2.43. The Morgan fingerprint density at radius 2 is 1.36 bits per heavy atom. The van der Waals surface area contributed by atoms with E-state index in [1.54, 1.807) is 0 Å². The number of allylic oxidation sites excluding steroid dienone is 3. The molecule has 0 aromatic heterocycles. The van der Waals surface area contributed by atoms with Crippen LogP contribution in [-0.4, -0.2) is 15.2 Å². The number of thioether (sulfide) groups is 1. The maximum absolute atomic E-state index is 3.92. The summed E-state index contributed by atoms with van der Waals surface area (Å²) in [4.78, 5) is -0.000567. The second-order valence-corrected chi connectivity index (χ2v) is 10.8. The smallest absolute Gasteiger partial charge is 0.0600 e. The fourth-order valence-corrected chi connectivity index (χ4v) is 4.96. The summed E-state index contributed by atoms with van der Waals surface area (Å²) in [6.45, 7) is 25.0. The Bertz CT molecular complexity index is 400. The Labute approximate surface area is 144 Å². The highest BCUT2D eigenvalue weighted by atomic mass is 32.2. The molecule has 0 aliphatic rings. The average molecular weight is 326 g/mol. The Hall–Kier alpha value is -0.210. The molecule has 0 saturated carbocycles. The van der Waals surface area contributed by atoms with Crippen molar-refractivity contribution in [3.8, 4) is 0 Å². The van der Waals surface area contributed by atoms with Crippen LogP contribution >= 0.6 is 11.8 Å². The summed E-state index contributed by atoms with van der Waals surface area (Å²) in [5.41, 5.74) is 0.177. The molecule has 22 heavy (non-hydrogen) atoms. The van der Waals surface area contributed by atoms with Crippen molar-refractivity contribution >= 4 is 11.8 Å². The van der Waals surface area contributed by atoms with Gasteiger partial charge in [-0.2, -0.15) is 0 Å². The average Bonchev–Trinajstić information content (AvgIpc) is 2.25. The van der Waals surface area contributed by atoms with Crippen LogP contribution in [-0.2, 0) is 0 Å². The van der Waals surface area contributed by atoms with Crippen molar-refractivity contribution in [3.05, 3.63) is 24.3 Å². The zero-order valence-corrected chi connectivity index (χ0v) is 17.6. The second-order valence-electron chi connectivity index (χ2n) is 8.50. The van der Waals surface area contributed by atoms with Crippen LogP contribution in [0, 0.1) is 11.3 Å². The van der Waals surface area contributed by atoms with E-state index in [0.717, 1.165) is 0 Å². The van der Waals surface area contributed by atoms with Gasteiger partial charge >= 0.3 is 0 Å². The topological polar surface area (TPSA) is 12.0 Å². The molecule has 0 radical (unpaired) electrons. The van der Waals surface area contributed by atoms with E-state index in [2.05, 4.69) is 106 Å². The minimum atomic E-state index is -0.000567. The Balaban J connectivity index is 5.24. The summed E-state index contributed by atoms with van der Waals surface area (Å²) in [5.74, 6) is 0.518. The number of nitrogens with one attached hydrogen (secondary N) is 1. The van der Waals surface area contributed by atoms with E-state index in [4.69, 9.17) is 0 Å². The molecule has 1 unspecified atom stereocenters. The van der Waals surface area contributed by atoms with Gasteiger partial charge in [-0.15, -0.1) is 11.8 Å². The lowest BCUT2D eigenvalue weighted by atomic mass is 9.66. The largest absolute Gasteiger partial charge is 0.298 e. The van der Waals surface area contributed by atoms with Crippen LogP contribution in [0.5, 0.6) is 0 Å². The van der Waals surface area contributed by atoms with Gasteiger partial charge < -0.3 is 0 Å². The van der Waals surface area contributed by atoms with Crippen molar-refractivity contribution in [3.63, 3.8) is 0 Å². The summed E-state index contributed by atoms with van der Waals surface area (Å²) >= 11 is 1.98. The van der Waals surface area contributed by atoms with Crippen molar-refractivity contribution in [2.45, 2.75) is 91.3 Å². The van der Waals surface area contributed by atoms with E-state index in [-0.39, 0.29) is 20.6 Å². The molecular formula is C20H39NS. The van der Waals surface area contributed by atoms with Crippen molar-refractivity contribution in [2.24, 2.45) is 11.3 Å². The monoisotopic (exact) mass is 325 g/mol. The zero-order chi connectivity index (χ0) is 17.8. The first-order chi connectivity index (χ1) is 9.71. The van der Waals surface area contributed by atoms with Crippen molar-refractivity contribution in [1.29, 1.82) is 0 Å². The summed E-state index contributed by atoms with van der Waals surface area (Å²) in [7, 11) is 0. The van der Waals surface area contributed by atoms with Gasteiger partial charge in [-0.1, -0.05) is 45.1 Å². The van der Waals surface area contributed by atoms with Crippen LogP contribution in [0.4, 0.5) is 0 Å². The molecule has 130 valence electrons. The van der Waals surface area contributed by atoms with Gasteiger partial charge in [0.2, 0.25) is 0 Å². The normalized spacial score (nSPS) is 16.7. The first-order valence-corrected chi connectivity index (χ1v) is 9.28. The highest BCUT2D eigenvalue weighted by molar-refractivity contribution is 8.02. The van der Waals surface area contributed by atoms with Gasteiger partial charge in [0.1, 0.15) is 0 Å². The predicted octanol–water partition coefficient (Wildman–Crippen LogP) is 6.42. The molecule has 0 rings (SSSR count). The third kappa shape index (κ3) is 6.12. The number of hydrogen-bond donors (Lipinski definition) is 1. The van der Waals surface area contributed by atoms with Gasteiger partial charge in [0.15, 0.2) is 0 Å². The minimum absolute atomic E-state index is 0.000567. The molecule has 0 bridgehead atoms. The predicted molar refractivity (Wildman–Crippen MR) is 106 cm³/mol.